The molecule has 0 radical (unpaired) electrons. The number of H-pyrrole nitrogens is 2. The summed E-state index contributed by atoms with van der Waals surface area (Å²) in [7, 11) is 0. The molecule has 1 saturated carbocycles. The van der Waals surface area contributed by atoms with Gasteiger partial charge in [-0.15, -0.1) is 10.2 Å². The van der Waals surface area contributed by atoms with Crippen molar-refractivity contribution in [2.75, 3.05) is 5.73 Å². The van der Waals surface area contributed by atoms with Crippen molar-refractivity contribution in [1.29, 1.82) is 0 Å². The molecule has 0 unspecified atom stereocenters. The summed E-state index contributed by atoms with van der Waals surface area (Å²) in [5.41, 5.74) is 4.43. The Kier molecular flexibility index (Phi) is 5.84. The summed E-state index contributed by atoms with van der Waals surface area (Å²) in [4.78, 5) is 37.7. The third-order valence-electron chi connectivity index (χ3n) is 5.14. The van der Waals surface area contributed by atoms with E-state index in [0.717, 1.165) is 30.4 Å². The molecule has 1 aromatic carbocycles. The van der Waals surface area contributed by atoms with Gasteiger partial charge in [0.2, 0.25) is 11.7 Å². The van der Waals surface area contributed by atoms with Crippen molar-refractivity contribution in [3.63, 3.8) is 0 Å². The van der Waals surface area contributed by atoms with Crippen LogP contribution < -0.4 is 27.3 Å². The number of aromatic amines is 2. The molecule has 4 rings (SSSR count). The Bertz CT molecular complexity index is 1290. The van der Waals surface area contributed by atoms with E-state index in [1.165, 1.54) is 18.6 Å². The zero-order valence-corrected chi connectivity index (χ0v) is 17.7. The molecule has 0 spiro atoms. The van der Waals surface area contributed by atoms with Crippen LogP contribution in [0.15, 0.2) is 32.6 Å². The Morgan fingerprint density at radius 1 is 1.03 bits per heavy atom. The zero-order valence-electron chi connectivity index (χ0n) is 16.2. The molecule has 0 bridgehead atoms. The van der Waals surface area contributed by atoms with Crippen LogP contribution in [0.1, 0.15) is 43.6 Å². The maximum Gasteiger partial charge on any atom is 0.349 e. The summed E-state index contributed by atoms with van der Waals surface area (Å²) in [6.07, 6.45) is 5.19. The molecule has 1 fully saturated rings. The first-order valence-electron chi connectivity index (χ1n) is 9.59. The number of rotatable bonds is 4. The van der Waals surface area contributed by atoms with Crippen molar-refractivity contribution >= 4 is 29.0 Å². The lowest BCUT2D eigenvalue weighted by molar-refractivity contribution is 0.427. The SMILES string of the molecule is Nc1nn(-c2cc(Cl)c(Oc3cc(C4CCCCC4)c(=O)[nH]n3)c(Cl)c2)c(=O)[nH]c1=O. The molecule has 12 heteroatoms. The summed E-state index contributed by atoms with van der Waals surface area (Å²) in [6, 6.07) is 4.36. The Hall–Kier alpha value is -3.11. The smallest absolute Gasteiger partial charge is 0.349 e. The Balaban J connectivity index is 1.67. The van der Waals surface area contributed by atoms with Crippen LogP contribution >= 0.6 is 23.2 Å². The average molecular weight is 465 g/mol. The van der Waals surface area contributed by atoms with Gasteiger partial charge in [0.15, 0.2) is 5.75 Å². The van der Waals surface area contributed by atoms with Crippen LogP contribution in [0.4, 0.5) is 5.82 Å². The molecule has 1 aliphatic rings. The van der Waals surface area contributed by atoms with Gasteiger partial charge in [-0.05, 0) is 30.9 Å². The second-order valence-corrected chi connectivity index (χ2v) is 8.04. The number of nitrogens with zero attached hydrogens (tertiary/aromatic N) is 3. The number of ether oxygens (including phenoxy) is 1. The van der Waals surface area contributed by atoms with Gasteiger partial charge in [0.05, 0.1) is 15.7 Å². The van der Waals surface area contributed by atoms with E-state index >= 15 is 0 Å². The van der Waals surface area contributed by atoms with E-state index in [4.69, 9.17) is 33.7 Å². The lowest BCUT2D eigenvalue weighted by Crippen LogP contribution is -2.33. The van der Waals surface area contributed by atoms with Gasteiger partial charge in [-0.25, -0.2) is 9.89 Å². The van der Waals surface area contributed by atoms with Crippen LogP contribution in [0.25, 0.3) is 5.69 Å². The van der Waals surface area contributed by atoms with Gasteiger partial charge in [0.1, 0.15) is 0 Å². The highest BCUT2D eigenvalue weighted by molar-refractivity contribution is 6.37. The molecule has 2 aromatic heterocycles. The number of hydrogen-bond donors (Lipinski definition) is 3. The number of anilines is 1. The maximum atomic E-state index is 12.2. The number of halogens is 2. The number of benzene rings is 1. The Morgan fingerprint density at radius 2 is 1.71 bits per heavy atom. The fourth-order valence-electron chi connectivity index (χ4n) is 3.63. The molecule has 3 aromatic rings. The summed E-state index contributed by atoms with van der Waals surface area (Å²) in [6.45, 7) is 0. The number of aromatic nitrogens is 5. The number of nitrogens with one attached hydrogen (secondary N) is 2. The number of hydrogen-bond acceptors (Lipinski definition) is 7. The quantitative estimate of drug-likeness (QED) is 0.536. The monoisotopic (exact) mass is 464 g/mol. The van der Waals surface area contributed by atoms with Gasteiger partial charge in [-0.1, -0.05) is 42.5 Å². The lowest BCUT2D eigenvalue weighted by Gasteiger charge is -2.21. The van der Waals surface area contributed by atoms with Gasteiger partial charge in [0.25, 0.3) is 11.1 Å². The average Bonchev–Trinajstić information content (AvgIpc) is 2.75. The third kappa shape index (κ3) is 4.35. The molecule has 1 aliphatic carbocycles. The van der Waals surface area contributed by atoms with Crippen molar-refractivity contribution in [2.24, 2.45) is 0 Å². The molecule has 162 valence electrons. The van der Waals surface area contributed by atoms with Crippen LogP contribution in [-0.2, 0) is 0 Å². The van der Waals surface area contributed by atoms with E-state index in [1.54, 1.807) is 6.07 Å². The lowest BCUT2D eigenvalue weighted by atomic mass is 9.85. The summed E-state index contributed by atoms with van der Waals surface area (Å²) >= 11 is 12.6. The summed E-state index contributed by atoms with van der Waals surface area (Å²) in [5.74, 6) is -0.00774. The Labute approximate surface area is 185 Å². The van der Waals surface area contributed by atoms with Gasteiger partial charge in [-0.2, -0.15) is 4.68 Å². The third-order valence-corrected chi connectivity index (χ3v) is 5.70. The minimum absolute atomic E-state index is 0.0631. The van der Waals surface area contributed by atoms with Crippen LogP contribution in [0.3, 0.4) is 0 Å². The first-order valence-corrected chi connectivity index (χ1v) is 10.3. The largest absolute Gasteiger partial charge is 0.434 e. The minimum atomic E-state index is -0.806. The molecule has 0 aliphatic heterocycles. The molecule has 0 saturated heterocycles. The highest BCUT2D eigenvalue weighted by atomic mass is 35.5. The van der Waals surface area contributed by atoms with E-state index in [9.17, 15) is 14.4 Å². The van der Waals surface area contributed by atoms with Crippen molar-refractivity contribution in [2.45, 2.75) is 38.0 Å². The molecule has 4 N–H and O–H groups in total. The molecular weight excluding hydrogens is 447 g/mol. The first kappa shape index (κ1) is 21.1. The predicted molar refractivity (Wildman–Crippen MR) is 116 cm³/mol. The van der Waals surface area contributed by atoms with Gasteiger partial charge in [0, 0.05) is 11.6 Å². The van der Waals surface area contributed by atoms with Crippen LogP contribution in [0.2, 0.25) is 10.0 Å². The topological polar surface area (TPSA) is 149 Å². The molecule has 31 heavy (non-hydrogen) atoms. The van der Waals surface area contributed by atoms with Crippen molar-refractivity contribution in [3.8, 4) is 17.3 Å². The fraction of sp³-hybridized carbons (Fsp3) is 0.316. The first-order chi connectivity index (χ1) is 14.8. The van der Waals surface area contributed by atoms with Crippen molar-refractivity contribution in [3.05, 3.63) is 65.0 Å². The second kappa shape index (κ2) is 8.56. The predicted octanol–water partition coefficient (Wildman–Crippen LogP) is 2.73. The highest BCUT2D eigenvalue weighted by Crippen LogP contribution is 2.38. The fourth-order valence-corrected chi connectivity index (χ4v) is 4.18. The Morgan fingerprint density at radius 3 is 2.39 bits per heavy atom. The maximum absolute atomic E-state index is 12.2. The second-order valence-electron chi connectivity index (χ2n) is 7.22. The van der Waals surface area contributed by atoms with Crippen LogP contribution in [-0.4, -0.2) is 25.0 Å². The summed E-state index contributed by atoms with van der Waals surface area (Å²) < 4.78 is 6.61. The number of nitrogen functional groups attached to an aromatic ring is 1. The van der Waals surface area contributed by atoms with E-state index in [2.05, 4.69) is 15.3 Å². The normalized spacial score (nSPS) is 14.5. The van der Waals surface area contributed by atoms with Crippen LogP contribution in [0.5, 0.6) is 11.6 Å². The van der Waals surface area contributed by atoms with Crippen LogP contribution in [0, 0.1) is 0 Å². The van der Waals surface area contributed by atoms with E-state index < -0.39 is 11.2 Å². The van der Waals surface area contributed by atoms with Gasteiger partial charge < -0.3 is 10.5 Å². The van der Waals surface area contributed by atoms with Crippen molar-refractivity contribution < 1.29 is 4.74 Å². The molecule has 10 nitrogen and oxygen atoms in total. The van der Waals surface area contributed by atoms with Gasteiger partial charge in [-0.3, -0.25) is 14.6 Å². The van der Waals surface area contributed by atoms with E-state index in [1.807, 2.05) is 4.98 Å². The van der Waals surface area contributed by atoms with Gasteiger partial charge >= 0.3 is 5.69 Å². The standard InChI is InChI=1S/C19H18Cl2N6O4/c20-12-6-10(27-19(30)23-18(29)16(22)26-27)7-13(21)15(12)31-14-8-11(17(28)25-24-14)9-4-2-1-3-5-9/h6-9H,1-5H2,(H2,22,26)(H,25,28)(H,23,29,30). The minimum Gasteiger partial charge on any atom is -0.434 e. The molecule has 0 amide bonds. The number of nitrogens with two attached hydrogens (primary N) is 1. The van der Waals surface area contributed by atoms with E-state index in [-0.39, 0.29) is 44.7 Å². The highest BCUT2D eigenvalue weighted by Gasteiger charge is 2.21. The van der Waals surface area contributed by atoms with E-state index in [0.29, 0.717) is 5.56 Å². The van der Waals surface area contributed by atoms with Crippen molar-refractivity contribution in [1.82, 2.24) is 25.0 Å². The molecular formula is C19H18Cl2N6O4. The molecule has 0 atom stereocenters. The molecule has 2 heterocycles. The summed E-state index contributed by atoms with van der Waals surface area (Å²) in [5, 5.41) is 10.3. The zero-order chi connectivity index (χ0) is 22.1.